The van der Waals surface area contributed by atoms with Gasteiger partial charge < -0.3 is 5.11 Å². The molecule has 1 aromatic heterocycles. The minimum atomic E-state index is -0.745. The number of phenols is 1. The lowest BCUT2D eigenvalue weighted by molar-refractivity contribution is -0.115. The van der Waals surface area contributed by atoms with E-state index in [-0.39, 0.29) is 5.91 Å². The van der Waals surface area contributed by atoms with Gasteiger partial charge in [0.15, 0.2) is 11.6 Å². The first-order chi connectivity index (χ1) is 8.09. The number of phenolic OH excluding ortho intramolecular Hbond substituents is 1. The molecule has 0 unspecified atom stereocenters. The van der Waals surface area contributed by atoms with Crippen LogP contribution in [0.15, 0.2) is 35.7 Å². The number of halogens is 1. The number of nitrogens with zero attached hydrogens (tertiary/aromatic N) is 1. The van der Waals surface area contributed by atoms with E-state index in [0.29, 0.717) is 10.7 Å². The first-order valence-electron chi connectivity index (χ1n) is 4.92. The van der Waals surface area contributed by atoms with Gasteiger partial charge in [-0.15, -0.1) is 11.3 Å². The van der Waals surface area contributed by atoms with Crippen molar-refractivity contribution in [2.75, 3.05) is 4.90 Å². The highest BCUT2D eigenvalue weighted by Crippen LogP contribution is 2.31. The van der Waals surface area contributed by atoms with E-state index >= 15 is 0 Å². The molecular formula is C12H10FNO2S. The standard InChI is InChI=1S/C12H10FNO2S/c1-8(15)14(12-3-2-6-17-12)9-4-5-11(16)10(13)7-9/h2-7,16H,1H3. The van der Waals surface area contributed by atoms with E-state index in [2.05, 4.69) is 0 Å². The Bertz CT molecular complexity index is 539. The zero-order chi connectivity index (χ0) is 12.4. The van der Waals surface area contributed by atoms with Gasteiger partial charge in [-0.3, -0.25) is 9.69 Å². The van der Waals surface area contributed by atoms with E-state index in [0.717, 1.165) is 6.07 Å². The molecule has 0 aliphatic carbocycles. The second-order valence-corrected chi connectivity index (χ2v) is 4.37. The smallest absolute Gasteiger partial charge is 0.229 e. The number of hydrogen-bond donors (Lipinski definition) is 1. The Labute approximate surface area is 102 Å². The summed E-state index contributed by atoms with van der Waals surface area (Å²) in [4.78, 5) is 13.0. The molecule has 3 nitrogen and oxygen atoms in total. The molecule has 1 amide bonds. The molecular weight excluding hydrogens is 241 g/mol. The molecule has 0 radical (unpaired) electrons. The second kappa shape index (κ2) is 4.55. The van der Waals surface area contributed by atoms with Gasteiger partial charge in [-0.1, -0.05) is 0 Å². The lowest BCUT2D eigenvalue weighted by atomic mass is 10.2. The van der Waals surface area contributed by atoms with Gasteiger partial charge >= 0.3 is 0 Å². The Kier molecular flexibility index (Phi) is 3.10. The minimum Gasteiger partial charge on any atom is -0.505 e. The van der Waals surface area contributed by atoms with Crippen LogP contribution in [0.3, 0.4) is 0 Å². The van der Waals surface area contributed by atoms with Crippen molar-refractivity contribution < 1.29 is 14.3 Å². The Morgan fingerprint density at radius 2 is 2.18 bits per heavy atom. The molecule has 1 heterocycles. The number of anilines is 2. The third-order valence-corrected chi connectivity index (χ3v) is 3.08. The van der Waals surface area contributed by atoms with E-state index in [1.54, 1.807) is 6.07 Å². The third kappa shape index (κ3) is 2.29. The van der Waals surface area contributed by atoms with Crippen LogP contribution in [0.1, 0.15) is 6.92 Å². The molecule has 0 atom stereocenters. The van der Waals surface area contributed by atoms with Gasteiger partial charge in [-0.2, -0.15) is 0 Å². The monoisotopic (exact) mass is 251 g/mol. The molecule has 0 spiro atoms. The van der Waals surface area contributed by atoms with Crippen LogP contribution in [0.2, 0.25) is 0 Å². The number of aromatic hydroxyl groups is 1. The highest BCUT2D eigenvalue weighted by Gasteiger charge is 2.16. The fraction of sp³-hybridized carbons (Fsp3) is 0.0833. The molecule has 0 saturated heterocycles. The fourth-order valence-corrected chi connectivity index (χ4v) is 2.29. The SMILES string of the molecule is CC(=O)N(c1ccc(O)c(F)c1)c1cccs1. The maximum absolute atomic E-state index is 13.3. The maximum Gasteiger partial charge on any atom is 0.229 e. The Hall–Kier alpha value is -1.88. The number of thiophene rings is 1. The number of benzene rings is 1. The zero-order valence-corrected chi connectivity index (χ0v) is 9.87. The summed E-state index contributed by atoms with van der Waals surface area (Å²) in [5.74, 6) is -1.38. The van der Waals surface area contributed by atoms with E-state index in [4.69, 9.17) is 5.11 Å². The first-order valence-corrected chi connectivity index (χ1v) is 5.80. The van der Waals surface area contributed by atoms with Crippen molar-refractivity contribution in [2.45, 2.75) is 6.92 Å². The van der Waals surface area contributed by atoms with Gasteiger partial charge in [-0.05, 0) is 29.6 Å². The van der Waals surface area contributed by atoms with Crippen LogP contribution in [0.25, 0.3) is 0 Å². The summed E-state index contributed by atoms with van der Waals surface area (Å²) >= 11 is 1.38. The molecule has 1 N–H and O–H groups in total. The second-order valence-electron chi connectivity index (χ2n) is 3.44. The van der Waals surface area contributed by atoms with Crippen LogP contribution >= 0.6 is 11.3 Å². The summed E-state index contributed by atoms with van der Waals surface area (Å²) in [7, 11) is 0. The van der Waals surface area contributed by atoms with Gasteiger partial charge in [-0.25, -0.2) is 4.39 Å². The molecule has 0 saturated carbocycles. The topological polar surface area (TPSA) is 40.5 Å². The summed E-state index contributed by atoms with van der Waals surface area (Å²) in [6, 6.07) is 7.45. The van der Waals surface area contributed by atoms with Crippen LogP contribution in [0.4, 0.5) is 15.1 Å². The van der Waals surface area contributed by atoms with E-state index in [9.17, 15) is 9.18 Å². The first kappa shape index (κ1) is 11.6. The molecule has 2 rings (SSSR count). The molecule has 0 aliphatic rings. The van der Waals surface area contributed by atoms with Gasteiger partial charge in [0.2, 0.25) is 5.91 Å². The molecule has 5 heteroatoms. The van der Waals surface area contributed by atoms with E-state index in [1.165, 1.54) is 35.3 Å². The number of amides is 1. The van der Waals surface area contributed by atoms with Crippen LogP contribution in [0.5, 0.6) is 5.75 Å². The number of carbonyl (C=O) groups excluding carboxylic acids is 1. The van der Waals surface area contributed by atoms with Crippen molar-refractivity contribution in [3.05, 3.63) is 41.5 Å². The van der Waals surface area contributed by atoms with Crippen molar-refractivity contribution >= 4 is 27.9 Å². The molecule has 17 heavy (non-hydrogen) atoms. The number of hydrogen-bond acceptors (Lipinski definition) is 3. The molecule has 0 fully saturated rings. The van der Waals surface area contributed by atoms with Gasteiger partial charge in [0, 0.05) is 13.0 Å². The average molecular weight is 251 g/mol. The quantitative estimate of drug-likeness (QED) is 0.889. The molecule has 0 aliphatic heterocycles. The highest BCUT2D eigenvalue weighted by atomic mass is 32.1. The summed E-state index contributed by atoms with van der Waals surface area (Å²) in [5.41, 5.74) is 0.398. The predicted octanol–water partition coefficient (Wildman–Crippen LogP) is 3.28. The highest BCUT2D eigenvalue weighted by molar-refractivity contribution is 7.14. The van der Waals surface area contributed by atoms with Crippen molar-refractivity contribution in [3.8, 4) is 5.75 Å². The molecule has 0 bridgehead atoms. The Morgan fingerprint density at radius 1 is 1.41 bits per heavy atom. The van der Waals surface area contributed by atoms with Crippen LogP contribution in [-0.2, 0) is 4.79 Å². The van der Waals surface area contributed by atoms with Gasteiger partial charge in [0.25, 0.3) is 0 Å². The van der Waals surface area contributed by atoms with Crippen molar-refractivity contribution in [2.24, 2.45) is 0 Å². The molecule has 2 aromatic rings. The molecule has 88 valence electrons. The minimum absolute atomic E-state index is 0.211. The summed E-state index contributed by atoms with van der Waals surface area (Å²) in [6.45, 7) is 1.41. The number of carbonyl (C=O) groups is 1. The van der Waals surface area contributed by atoms with Crippen LogP contribution in [0, 0.1) is 5.82 Å². The zero-order valence-electron chi connectivity index (χ0n) is 9.05. The largest absolute Gasteiger partial charge is 0.505 e. The molecule has 1 aromatic carbocycles. The van der Waals surface area contributed by atoms with Crippen molar-refractivity contribution in [1.29, 1.82) is 0 Å². The summed E-state index contributed by atoms with van der Waals surface area (Å²) in [6.07, 6.45) is 0. The van der Waals surface area contributed by atoms with Crippen molar-refractivity contribution in [3.63, 3.8) is 0 Å². The summed E-state index contributed by atoms with van der Waals surface area (Å²) in [5, 5.41) is 11.7. The average Bonchev–Trinajstić information content (AvgIpc) is 2.76. The number of rotatable bonds is 2. The predicted molar refractivity (Wildman–Crippen MR) is 65.2 cm³/mol. The van der Waals surface area contributed by atoms with Crippen LogP contribution in [-0.4, -0.2) is 11.0 Å². The van der Waals surface area contributed by atoms with Gasteiger partial charge in [0.05, 0.1) is 5.69 Å². The third-order valence-electron chi connectivity index (χ3n) is 2.23. The Balaban J connectivity index is 2.47. The Morgan fingerprint density at radius 3 is 2.71 bits per heavy atom. The lowest BCUT2D eigenvalue weighted by Crippen LogP contribution is -2.21. The van der Waals surface area contributed by atoms with Crippen molar-refractivity contribution in [1.82, 2.24) is 0 Å². The summed E-state index contributed by atoms with van der Waals surface area (Å²) < 4.78 is 13.3. The maximum atomic E-state index is 13.3. The normalized spacial score (nSPS) is 10.2. The van der Waals surface area contributed by atoms with Gasteiger partial charge in [0.1, 0.15) is 5.00 Å². The van der Waals surface area contributed by atoms with Crippen LogP contribution < -0.4 is 4.90 Å². The van der Waals surface area contributed by atoms with E-state index in [1.807, 2.05) is 11.4 Å². The lowest BCUT2D eigenvalue weighted by Gasteiger charge is -2.19. The van der Waals surface area contributed by atoms with E-state index < -0.39 is 11.6 Å². The fourth-order valence-electron chi connectivity index (χ4n) is 1.50.